The van der Waals surface area contributed by atoms with Crippen LogP contribution >= 0.6 is 0 Å². The average Bonchev–Trinajstić information content (AvgIpc) is 2.72. The highest BCUT2D eigenvalue weighted by Crippen LogP contribution is 2.30. The molecule has 1 N–H and O–H groups in total. The van der Waals surface area contributed by atoms with Gasteiger partial charge in [-0.15, -0.1) is 0 Å². The molecule has 9 heteroatoms. The van der Waals surface area contributed by atoms with Crippen molar-refractivity contribution < 1.29 is 24.2 Å². The summed E-state index contributed by atoms with van der Waals surface area (Å²) in [5.41, 5.74) is -0.550. The number of hydrogen-bond acceptors (Lipinski definition) is 7. The standard InChI is InChI=1S/C21H21N3O6/c1-3-29-16-10-9-13(11-17(16)30-4-2)22-18(25)12-24-20(26)15-8-6-5-7-14(15)19(23-24)21(27)28/h5-11H,3-4,12H2,1-2H3,(H,22,25)(H,27,28)/p-1. The number of rotatable bonds is 8. The Labute approximate surface area is 171 Å². The second-order valence-corrected chi connectivity index (χ2v) is 6.22. The van der Waals surface area contributed by atoms with E-state index >= 15 is 0 Å². The normalized spacial score (nSPS) is 10.6. The molecule has 0 radical (unpaired) electrons. The summed E-state index contributed by atoms with van der Waals surface area (Å²) in [5, 5.41) is 18.2. The number of nitrogens with zero attached hydrogens (tertiary/aromatic N) is 2. The van der Waals surface area contributed by atoms with Gasteiger partial charge >= 0.3 is 0 Å². The van der Waals surface area contributed by atoms with Crippen molar-refractivity contribution in [1.29, 1.82) is 0 Å². The number of anilines is 1. The van der Waals surface area contributed by atoms with Crippen LogP contribution in [0.1, 0.15) is 24.3 Å². The molecular weight excluding hydrogens is 390 g/mol. The number of aromatic nitrogens is 2. The Bertz CT molecular complexity index is 1160. The van der Waals surface area contributed by atoms with Gasteiger partial charge in [0.1, 0.15) is 12.2 Å². The molecule has 156 valence electrons. The Kier molecular flexibility index (Phi) is 6.31. The number of ether oxygens (including phenoxy) is 2. The largest absolute Gasteiger partial charge is 0.543 e. The minimum Gasteiger partial charge on any atom is -0.543 e. The van der Waals surface area contributed by atoms with Crippen molar-refractivity contribution >= 4 is 28.3 Å². The minimum absolute atomic E-state index is 0.138. The van der Waals surface area contributed by atoms with Crippen molar-refractivity contribution in [2.75, 3.05) is 18.5 Å². The molecular formula is C21H20N3O6-. The molecule has 3 aromatic rings. The van der Waals surface area contributed by atoms with Gasteiger partial charge in [-0.3, -0.25) is 9.59 Å². The summed E-state index contributed by atoms with van der Waals surface area (Å²) in [6.07, 6.45) is 0. The fourth-order valence-electron chi connectivity index (χ4n) is 2.96. The third kappa shape index (κ3) is 4.40. The number of aromatic carboxylic acids is 1. The third-order valence-corrected chi connectivity index (χ3v) is 4.18. The zero-order chi connectivity index (χ0) is 21.7. The van der Waals surface area contributed by atoms with Crippen LogP contribution in [0, 0.1) is 0 Å². The molecule has 0 saturated carbocycles. The van der Waals surface area contributed by atoms with Crippen molar-refractivity contribution in [3.05, 3.63) is 58.5 Å². The molecule has 0 aliphatic heterocycles. The Hall–Kier alpha value is -3.88. The predicted molar refractivity (Wildman–Crippen MR) is 108 cm³/mol. The van der Waals surface area contributed by atoms with E-state index in [2.05, 4.69) is 10.4 Å². The topological polar surface area (TPSA) is 123 Å². The van der Waals surface area contributed by atoms with Gasteiger partial charge in [-0.05, 0) is 32.0 Å². The van der Waals surface area contributed by atoms with Gasteiger partial charge < -0.3 is 24.7 Å². The molecule has 9 nitrogen and oxygen atoms in total. The van der Waals surface area contributed by atoms with E-state index in [4.69, 9.17) is 9.47 Å². The maximum Gasteiger partial charge on any atom is 0.275 e. The van der Waals surface area contributed by atoms with Crippen LogP contribution in [-0.4, -0.2) is 34.9 Å². The van der Waals surface area contributed by atoms with E-state index in [1.54, 1.807) is 30.3 Å². The molecule has 0 fully saturated rings. The summed E-state index contributed by atoms with van der Waals surface area (Å²) in [7, 11) is 0. The summed E-state index contributed by atoms with van der Waals surface area (Å²) < 4.78 is 11.8. The Morgan fingerprint density at radius 1 is 1.03 bits per heavy atom. The maximum absolute atomic E-state index is 12.6. The Balaban J connectivity index is 1.87. The monoisotopic (exact) mass is 410 g/mol. The lowest BCUT2D eigenvalue weighted by Gasteiger charge is -2.14. The first-order chi connectivity index (χ1) is 14.4. The van der Waals surface area contributed by atoms with Crippen molar-refractivity contribution in [2.24, 2.45) is 0 Å². The summed E-state index contributed by atoms with van der Waals surface area (Å²) in [6.45, 7) is 4.08. The van der Waals surface area contributed by atoms with E-state index in [1.807, 2.05) is 13.8 Å². The van der Waals surface area contributed by atoms with Crippen LogP contribution < -0.4 is 25.5 Å². The van der Waals surface area contributed by atoms with Crippen LogP contribution in [0.5, 0.6) is 11.5 Å². The van der Waals surface area contributed by atoms with Gasteiger partial charge in [0.2, 0.25) is 5.91 Å². The van der Waals surface area contributed by atoms with E-state index in [0.717, 1.165) is 4.68 Å². The molecule has 0 atom stereocenters. The Morgan fingerprint density at radius 3 is 2.37 bits per heavy atom. The van der Waals surface area contributed by atoms with Gasteiger partial charge in [0.05, 0.1) is 24.6 Å². The van der Waals surface area contributed by atoms with E-state index in [9.17, 15) is 19.5 Å². The number of hydrogen-bond donors (Lipinski definition) is 1. The molecule has 0 aliphatic carbocycles. The molecule has 3 rings (SSSR count). The van der Waals surface area contributed by atoms with Gasteiger partial charge in [-0.2, -0.15) is 5.10 Å². The summed E-state index contributed by atoms with van der Waals surface area (Å²) in [6, 6.07) is 11.0. The average molecular weight is 410 g/mol. The van der Waals surface area contributed by atoms with Crippen LogP contribution in [0.15, 0.2) is 47.3 Å². The first-order valence-corrected chi connectivity index (χ1v) is 9.35. The molecule has 1 heterocycles. The number of benzene rings is 2. The fourth-order valence-corrected chi connectivity index (χ4v) is 2.96. The van der Waals surface area contributed by atoms with Gasteiger partial charge in [0.15, 0.2) is 11.5 Å². The number of fused-ring (bicyclic) bond motifs is 1. The SMILES string of the molecule is CCOc1ccc(NC(=O)Cn2nc(C(=O)[O-])c3ccccc3c2=O)cc1OCC. The van der Waals surface area contributed by atoms with Crippen LogP contribution in [0.25, 0.3) is 10.8 Å². The molecule has 0 bridgehead atoms. The summed E-state index contributed by atoms with van der Waals surface area (Å²) in [4.78, 5) is 36.5. The first kappa shape index (κ1) is 20.8. The van der Waals surface area contributed by atoms with E-state index < -0.39 is 29.7 Å². The third-order valence-electron chi connectivity index (χ3n) is 4.18. The highest BCUT2D eigenvalue weighted by molar-refractivity contribution is 6.00. The number of carboxylic acids is 1. The van der Waals surface area contributed by atoms with Crippen LogP contribution in [0.3, 0.4) is 0 Å². The smallest absolute Gasteiger partial charge is 0.275 e. The summed E-state index contributed by atoms with van der Waals surface area (Å²) >= 11 is 0. The molecule has 1 amide bonds. The van der Waals surface area contributed by atoms with Crippen molar-refractivity contribution in [1.82, 2.24) is 9.78 Å². The molecule has 2 aromatic carbocycles. The second kappa shape index (κ2) is 9.08. The summed E-state index contributed by atoms with van der Waals surface area (Å²) in [5.74, 6) is -1.08. The number of carbonyl (C=O) groups is 2. The quantitative estimate of drug-likeness (QED) is 0.592. The van der Waals surface area contributed by atoms with E-state index in [1.165, 1.54) is 12.1 Å². The Morgan fingerprint density at radius 2 is 1.70 bits per heavy atom. The van der Waals surface area contributed by atoms with E-state index in [0.29, 0.717) is 30.4 Å². The maximum atomic E-state index is 12.6. The number of nitrogens with one attached hydrogen (secondary N) is 1. The zero-order valence-corrected chi connectivity index (χ0v) is 16.5. The lowest BCUT2D eigenvalue weighted by molar-refractivity contribution is -0.255. The first-order valence-electron chi connectivity index (χ1n) is 9.35. The zero-order valence-electron chi connectivity index (χ0n) is 16.5. The van der Waals surface area contributed by atoms with Crippen molar-refractivity contribution in [3.8, 4) is 11.5 Å². The van der Waals surface area contributed by atoms with Gasteiger partial charge in [-0.25, -0.2) is 4.68 Å². The molecule has 0 unspecified atom stereocenters. The van der Waals surface area contributed by atoms with Crippen LogP contribution in [0.2, 0.25) is 0 Å². The molecule has 0 aliphatic rings. The van der Waals surface area contributed by atoms with Gasteiger partial charge in [0.25, 0.3) is 5.56 Å². The highest BCUT2D eigenvalue weighted by atomic mass is 16.5. The fraction of sp³-hybridized carbons (Fsp3) is 0.238. The van der Waals surface area contributed by atoms with Gasteiger partial charge in [0, 0.05) is 17.1 Å². The van der Waals surface area contributed by atoms with Gasteiger partial charge in [-0.1, -0.05) is 18.2 Å². The lowest BCUT2D eigenvalue weighted by Crippen LogP contribution is -2.34. The number of carbonyl (C=O) groups excluding carboxylic acids is 2. The lowest BCUT2D eigenvalue weighted by atomic mass is 10.1. The minimum atomic E-state index is -1.53. The molecule has 0 spiro atoms. The van der Waals surface area contributed by atoms with E-state index in [-0.39, 0.29) is 10.8 Å². The molecule has 30 heavy (non-hydrogen) atoms. The molecule has 0 saturated heterocycles. The van der Waals surface area contributed by atoms with Crippen molar-refractivity contribution in [2.45, 2.75) is 20.4 Å². The number of carboxylic acid groups (broad SMARTS) is 1. The number of amides is 1. The predicted octanol–water partition coefficient (Wildman–Crippen LogP) is 1.20. The second-order valence-electron chi connectivity index (χ2n) is 6.22. The molecule has 1 aromatic heterocycles. The highest BCUT2D eigenvalue weighted by Gasteiger charge is 2.14. The van der Waals surface area contributed by atoms with Crippen LogP contribution in [0.4, 0.5) is 5.69 Å². The van der Waals surface area contributed by atoms with Crippen molar-refractivity contribution in [3.63, 3.8) is 0 Å². The van der Waals surface area contributed by atoms with Crippen LogP contribution in [-0.2, 0) is 11.3 Å².